The summed E-state index contributed by atoms with van der Waals surface area (Å²) >= 11 is 27.4. The first-order valence-corrected chi connectivity index (χ1v) is 26.2. The Kier molecular flexibility index (Phi) is 21.2. The lowest BCUT2D eigenvalue weighted by Crippen LogP contribution is -1.94. The van der Waals surface area contributed by atoms with Gasteiger partial charge in [0, 0.05) is 11.1 Å². The molecule has 4 heteroatoms. The molecule has 0 bridgehead atoms. The average Bonchev–Trinajstić information content (AvgIpc) is 3.32. The maximum Gasteiger partial charge on any atom is 0.0670 e. The van der Waals surface area contributed by atoms with E-state index in [0.717, 1.165) is 57.3 Å². The molecule has 0 spiro atoms. The van der Waals surface area contributed by atoms with Crippen molar-refractivity contribution in [3.63, 3.8) is 0 Å². The van der Waals surface area contributed by atoms with Crippen LogP contribution in [0, 0.1) is 0 Å². The SMILES string of the molecule is CCCCCCCCCCCCc1ccc(-c2ccc(-c3cccc(Cl)c3Cl)c(-c3cc(-c4ccc(CCCCCCCCCCCC)cc4)ccc3-c3cccc(Cl)c3Cl)c2)cc1. The van der Waals surface area contributed by atoms with Gasteiger partial charge in [-0.2, -0.15) is 0 Å². The van der Waals surface area contributed by atoms with Crippen molar-refractivity contribution < 1.29 is 0 Å². The second kappa shape index (κ2) is 27.2. The molecule has 0 aromatic heterocycles. The molecule has 0 aliphatic carbocycles. The summed E-state index contributed by atoms with van der Waals surface area (Å²) in [6.45, 7) is 4.57. The zero-order valence-corrected chi connectivity index (χ0v) is 41.6. The molecule has 0 atom stereocenters. The molecule has 0 unspecified atom stereocenters. The molecular weight excluding hydrogens is 862 g/mol. The lowest BCUT2D eigenvalue weighted by atomic mass is 9.85. The Labute approximate surface area is 407 Å². The molecule has 0 aliphatic rings. The van der Waals surface area contributed by atoms with Crippen LogP contribution in [0.1, 0.15) is 153 Å². The highest BCUT2D eigenvalue weighted by Gasteiger charge is 2.20. The van der Waals surface area contributed by atoms with E-state index >= 15 is 0 Å². The summed E-state index contributed by atoms with van der Waals surface area (Å²) in [7, 11) is 0. The Bertz CT molecular complexity index is 2140. The average molecular weight is 933 g/mol. The smallest absolute Gasteiger partial charge is 0.0670 e. The highest BCUT2D eigenvalue weighted by atomic mass is 35.5. The normalized spacial score (nSPS) is 11.4. The van der Waals surface area contributed by atoms with Crippen molar-refractivity contribution in [2.75, 3.05) is 0 Å². The van der Waals surface area contributed by atoms with Crippen molar-refractivity contribution in [1.82, 2.24) is 0 Å². The van der Waals surface area contributed by atoms with Crippen LogP contribution >= 0.6 is 46.4 Å². The summed E-state index contributed by atoms with van der Waals surface area (Å²) in [5.74, 6) is 0. The molecule has 64 heavy (non-hydrogen) atoms. The van der Waals surface area contributed by atoms with Crippen LogP contribution < -0.4 is 0 Å². The van der Waals surface area contributed by atoms with Crippen LogP contribution in [0.4, 0.5) is 0 Å². The zero-order chi connectivity index (χ0) is 44.9. The summed E-state index contributed by atoms with van der Waals surface area (Å²) in [5.41, 5.74) is 13.2. The van der Waals surface area contributed by atoms with Gasteiger partial charge in [-0.15, -0.1) is 0 Å². The number of halogens is 4. The molecule has 0 saturated heterocycles. The third-order valence-electron chi connectivity index (χ3n) is 13.0. The third kappa shape index (κ3) is 14.7. The van der Waals surface area contributed by atoms with Crippen LogP contribution in [-0.4, -0.2) is 0 Å². The van der Waals surface area contributed by atoms with Crippen molar-refractivity contribution in [3.05, 3.63) is 153 Å². The van der Waals surface area contributed by atoms with Gasteiger partial charge in [-0.1, -0.05) is 273 Å². The van der Waals surface area contributed by atoms with E-state index in [9.17, 15) is 0 Å². The van der Waals surface area contributed by atoms with Gasteiger partial charge >= 0.3 is 0 Å². The number of benzene rings is 6. The van der Waals surface area contributed by atoms with Crippen molar-refractivity contribution in [2.45, 2.75) is 155 Å². The van der Waals surface area contributed by atoms with Crippen LogP contribution in [0.25, 0.3) is 55.6 Å². The van der Waals surface area contributed by atoms with Gasteiger partial charge in [0.2, 0.25) is 0 Å². The van der Waals surface area contributed by atoms with E-state index in [0.29, 0.717) is 20.1 Å². The minimum Gasteiger partial charge on any atom is -0.0827 e. The highest BCUT2D eigenvalue weighted by molar-refractivity contribution is 6.44. The second-order valence-electron chi connectivity index (χ2n) is 18.0. The van der Waals surface area contributed by atoms with Gasteiger partial charge < -0.3 is 0 Å². The predicted molar refractivity (Wildman–Crippen MR) is 285 cm³/mol. The van der Waals surface area contributed by atoms with Crippen LogP contribution in [-0.2, 0) is 12.8 Å². The number of hydrogen-bond acceptors (Lipinski definition) is 0. The Hall–Kier alpha value is -3.52. The summed E-state index contributed by atoms with van der Waals surface area (Å²) in [6, 6.07) is 43.5. The summed E-state index contributed by atoms with van der Waals surface area (Å²) in [5, 5.41) is 2.12. The lowest BCUT2D eigenvalue weighted by molar-refractivity contribution is 0.556. The number of unbranched alkanes of at least 4 members (excludes halogenated alkanes) is 18. The molecule has 0 nitrogen and oxygen atoms in total. The Morgan fingerprint density at radius 3 is 0.938 bits per heavy atom. The standard InChI is InChI=1S/C60H70Cl4/c1-3-5-7-9-11-13-15-17-19-21-25-45-31-35-47(36-32-45)49-39-41-51(53-27-23-29-57(61)59(53)63)55(43-49)56-44-50(40-42-52(56)54-28-24-30-58(62)60(54)64)48-37-33-46(34-38-48)26-22-20-18-16-14-12-10-8-6-4-2/h23-24,27-44H,3-22,25-26H2,1-2H3. The van der Waals surface area contributed by atoms with Gasteiger partial charge in [0.05, 0.1) is 20.1 Å². The van der Waals surface area contributed by atoms with E-state index in [1.165, 1.54) is 151 Å². The molecular formula is C60H70Cl4. The van der Waals surface area contributed by atoms with E-state index in [2.05, 4.69) is 111 Å². The molecule has 0 N–H and O–H groups in total. The van der Waals surface area contributed by atoms with E-state index in [1.807, 2.05) is 24.3 Å². The first kappa shape index (κ1) is 49.9. The van der Waals surface area contributed by atoms with Gasteiger partial charge in [-0.3, -0.25) is 0 Å². The fourth-order valence-corrected chi connectivity index (χ4v) is 9.95. The van der Waals surface area contributed by atoms with Gasteiger partial charge in [0.1, 0.15) is 0 Å². The lowest BCUT2D eigenvalue weighted by Gasteiger charge is -2.20. The summed E-state index contributed by atoms with van der Waals surface area (Å²) < 4.78 is 0. The Balaban J connectivity index is 1.25. The molecule has 338 valence electrons. The second-order valence-corrected chi connectivity index (χ2v) is 19.6. The third-order valence-corrected chi connectivity index (χ3v) is 14.7. The minimum absolute atomic E-state index is 0.525. The van der Waals surface area contributed by atoms with Gasteiger partial charge in [0.25, 0.3) is 0 Å². The number of hydrogen-bond donors (Lipinski definition) is 0. The molecule has 6 rings (SSSR count). The van der Waals surface area contributed by atoms with Crippen LogP contribution in [0.2, 0.25) is 20.1 Å². The maximum absolute atomic E-state index is 7.02. The van der Waals surface area contributed by atoms with Crippen LogP contribution in [0.15, 0.2) is 121 Å². The summed E-state index contributed by atoms with van der Waals surface area (Å²) in [4.78, 5) is 0. The summed E-state index contributed by atoms with van der Waals surface area (Å²) in [6.07, 6.45) is 29.3. The van der Waals surface area contributed by atoms with Crippen LogP contribution in [0.3, 0.4) is 0 Å². The Morgan fingerprint density at radius 1 is 0.281 bits per heavy atom. The van der Waals surface area contributed by atoms with E-state index in [1.54, 1.807) is 0 Å². The molecule has 0 saturated carbocycles. The highest BCUT2D eigenvalue weighted by Crippen LogP contribution is 2.46. The first-order valence-electron chi connectivity index (χ1n) is 24.7. The molecule has 0 radical (unpaired) electrons. The van der Waals surface area contributed by atoms with E-state index < -0.39 is 0 Å². The quantitative estimate of drug-likeness (QED) is 0.0452. The minimum atomic E-state index is 0.525. The fraction of sp³-hybridized carbons (Fsp3) is 0.400. The topological polar surface area (TPSA) is 0 Å². The first-order chi connectivity index (χ1) is 31.4. The Morgan fingerprint density at radius 2 is 0.594 bits per heavy atom. The number of aryl methyl sites for hydroxylation is 2. The molecule has 6 aromatic rings. The monoisotopic (exact) mass is 930 g/mol. The largest absolute Gasteiger partial charge is 0.0827 e. The predicted octanol–water partition coefficient (Wildman–Crippen LogP) is 21.6. The van der Waals surface area contributed by atoms with E-state index in [-0.39, 0.29) is 0 Å². The number of rotatable bonds is 27. The van der Waals surface area contributed by atoms with E-state index in [4.69, 9.17) is 46.4 Å². The van der Waals surface area contributed by atoms with Crippen molar-refractivity contribution >= 4 is 46.4 Å². The fourth-order valence-electron chi connectivity index (χ4n) is 9.15. The maximum atomic E-state index is 7.02. The van der Waals surface area contributed by atoms with Crippen molar-refractivity contribution in [2.24, 2.45) is 0 Å². The van der Waals surface area contributed by atoms with Gasteiger partial charge in [-0.05, 0) is 106 Å². The molecule has 0 heterocycles. The van der Waals surface area contributed by atoms with Gasteiger partial charge in [-0.25, -0.2) is 0 Å². The van der Waals surface area contributed by atoms with Gasteiger partial charge in [0.15, 0.2) is 0 Å². The van der Waals surface area contributed by atoms with Crippen LogP contribution in [0.5, 0.6) is 0 Å². The van der Waals surface area contributed by atoms with Crippen molar-refractivity contribution in [3.8, 4) is 55.6 Å². The molecule has 0 amide bonds. The van der Waals surface area contributed by atoms with Crippen molar-refractivity contribution in [1.29, 1.82) is 0 Å². The molecule has 0 aliphatic heterocycles. The molecule has 6 aromatic carbocycles. The zero-order valence-electron chi connectivity index (χ0n) is 38.6. The molecule has 0 fully saturated rings.